The summed E-state index contributed by atoms with van der Waals surface area (Å²) in [7, 11) is 0. The molecule has 5 nitrogen and oxygen atoms in total. The Morgan fingerprint density at radius 1 is 1.14 bits per heavy atom. The number of aromatic amines is 1. The molecule has 0 spiro atoms. The van der Waals surface area contributed by atoms with Gasteiger partial charge in [0.25, 0.3) is 5.56 Å². The normalized spacial score (nSPS) is 17.4. The minimum Gasteiger partial charge on any atom is -0.326 e. The van der Waals surface area contributed by atoms with E-state index in [1.807, 2.05) is 42.5 Å². The SMILES string of the molecule is CC1CCCN(Cc2ccc(Nc3nc(-c4ccccc4)cc(=O)[nH]3)cc2)C1. The first-order valence-corrected chi connectivity index (χ1v) is 9.91. The summed E-state index contributed by atoms with van der Waals surface area (Å²) < 4.78 is 0. The highest BCUT2D eigenvalue weighted by Gasteiger charge is 2.16. The maximum Gasteiger partial charge on any atom is 0.252 e. The zero-order valence-corrected chi connectivity index (χ0v) is 16.2. The smallest absolute Gasteiger partial charge is 0.252 e. The number of anilines is 2. The molecule has 1 aliphatic rings. The molecule has 0 aliphatic carbocycles. The topological polar surface area (TPSA) is 61.0 Å². The van der Waals surface area contributed by atoms with Crippen molar-refractivity contribution >= 4 is 11.6 Å². The number of hydrogen-bond donors (Lipinski definition) is 2. The van der Waals surface area contributed by atoms with E-state index in [2.05, 4.69) is 39.2 Å². The number of H-pyrrole nitrogens is 1. The van der Waals surface area contributed by atoms with Gasteiger partial charge >= 0.3 is 0 Å². The van der Waals surface area contributed by atoms with Crippen molar-refractivity contribution < 1.29 is 0 Å². The second-order valence-electron chi connectivity index (χ2n) is 7.65. The van der Waals surface area contributed by atoms with Crippen molar-refractivity contribution in [2.45, 2.75) is 26.3 Å². The van der Waals surface area contributed by atoms with Gasteiger partial charge in [0.1, 0.15) is 0 Å². The number of nitrogens with one attached hydrogen (secondary N) is 2. The molecule has 1 aromatic heterocycles. The molecule has 0 bridgehead atoms. The summed E-state index contributed by atoms with van der Waals surface area (Å²) in [5, 5.41) is 3.21. The standard InChI is InChI=1S/C23H26N4O/c1-17-6-5-13-27(15-17)16-18-9-11-20(12-10-18)24-23-25-21(14-22(28)26-23)19-7-3-2-4-8-19/h2-4,7-12,14,17H,5-6,13,15-16H2,1H3,(H2,24,25,26,28). The van der Waals surface area contributed by atoms with Crippen molar-refractivity contribution in [2.75, 3.05) is 18.4 Å². The predicted octanol–water partition coefficient (Wildman–Crippen LogP) is 4.41. The average molecular weight is 374 g/mol. The van der Waals surface area contributed by atoms with Crippen molar-refractivity contribution in [1.82, 2.24) is 14.9 Å². The molecule has 0 saturated carbocycles. The third kappa shape index (κ3) is 4.67. The Morgan fingerprint density at radius 3 is 2.68 bits per heavy atom. The van der Waals surface area contributed by atoms with Crippen LogP contribution in [0, 0.1) is 5.92 Å². The van der Waals surface area contributed by atoms with Crippen LogP contribution in [-0.4, -0.2) is 28.0 Å². The lowest BCUT2D eigenvalue weighted by molar-refractivity contribution is 0.176. The lowest BCUT2D eigenvalue weighted by atomic mass is 10.00. The zero-order chi connectivity index (χ0) is 19.3. The maximum atomic E-state index is 12.0. The Balaban J connectivity index is 1.46. The molecule has 0 amide bonds. The lowest BCUT2D eigenvalue weighted by Crippen LogP contribution is -2.33. The molecule has 1 atom stereocenters. The minimum atomic E-state index is -0.174. The lowest BCUT2D eigenvalue weighted by Gasteiger charge is -2.30. The van der Waals surface area contributed by atoms with Gasteiger partial charge in [0.05, 0.1) is 5.69 Å². The van der Waals surface area contributed by atoms with Gasteiger partial charge in [0.15, 0.2) is 0 Å². The number of benzene rings is 2. The van der Waals surface area contributed by atoms with Gasteiger partial charge in [0.2, 0.25) is 5.95 Å². The van der Waals surface area contributed by atoms with Crippen LogP contribution in [0.5, 0.6) is 0 Å². The minimum absolute atomic E-state index is 0.174. The molecule has 28 heavy (non-hydrogen) atoms. The van der Waals surface area contributed by atoms with Crippen molar-refractivity contribution in [1.29, 1.82) is 0 Å². The summed E-state index contributed by atoms with van der Waals surface area (Å²) in [6.45, 7) is 5.68. The third-order valence-corrected chi connectivity index (χ3v) is 5.18. The van der Waals surface area contributed by atoms with Crippen LogP contribution in [-0.2, 0) is 6.54 Å². The molecule has 1 unspecified atom stereocenters. The summed E-state index contributed by atoms with van der Waals surface area (Å²) >= 11 is 0. The highest BCUT2D eigenvalue weighted by atomic mass is 16.1. The fraction of sp³-hybridized carbons (Fsp3) is 0.304. The van der Waals surface area contributed by atoms with Gasteiger partial charge in [-0.15, -0.1) is 0 Å². The fourth-order valence-electron chi connectivity index (χ4n) is 3.79. The number of piperidine rings is 1. The van der Waals surface area contributed by atoms with Crippen molar-refractivity contribution in [3.05, 3.63) is 76.6 Å². The summed E-state index contributed by atoms with van der Waals surface area (Å²) in [6, 6.07) is 19.6. The van der Waals surface area contributed by atoms with E-state index in [0.717, 1.165) is 23.7 Å². The van der Waals surface area contributed by atoms with Crippen molar-refractivity contribution in [3.63, 3.8) is 0 Å². The summed E-state index contributed by atoms with van der Waals surface area (Å²) in [5.41, 5.74) is 3.61. The van der Waals surface area contributed by atoms with Gasteiger partial charge in [-0.25, -0.2) is 4.98 Å². The molecule has 4 rings (SSSR count). The van der Waals surface area contributed by atoms with Crippen LogP contribution in [0.1, 0.15) is 25.3 Å². The summed E-state index contributed by atoms with van der Waals surface area (Å²) in [5.74, 6) is 1.23. The van der Waals surface area contributed by atoms with Crippen LogP contribution in [0.4, 0.5) is 11.6 Å². The van der Waals surface area contributed by atoms with Crippen LogP contribution in [0.25, 0.3) is 11.3 Å². The molecule has 3 aromatic rings. The van der Waals surface area contributed by atoms with Gasteiger partial charge in [0, 0.05) is 30.4 Å². The van der Waals surface area contributed by atoms with E-state index in [1.165, 1.54) is 37.6 Å². The van der Waals surface area contributed by atoms with Gasteiger partial charge in [-0.3, -0.25) is 14.7 Å². The van der Waals surface area contributed by atoms with Crippen LogP contribution in [0.15, 0.2) is 65.5 Å². The second-order valence-corrected chi connectivity index (χ2v) is 7.65. The number of hydrogen-bond acceptors (Lipinski definition) is 4. The second kappa shape index (κ2) is 8.40. The molecule has 144 valence electrons. The highest BCUT2D eigenvalue weighted by molar-refractivity contribution is 5.61. The molecule has 5 heteroatoms. The van der Waals surface area contributed by atoms with Gasteiger partial charge < -0.3 is 5.32 Å². The van der Waals surface area contributed by atoms with Gasteiger partial charge in [-0.2, -0.15) is 0 Å². The van der Waals surface area contributed by atoms with Crippen LogP contribution >= 0.6 is 0 Å². The van der Waals surface area contributed by atoms with Gasteiger partial charge in [-0.1, -0.05) is 49.4 Å². The van der Waals surface area contributed by atoms with E-state index >= 15 is 0 Å². The Bertz CT molecular complexity index is 966. The van der Waals surface area contributed by atoms with E-state index in [1.54, 1.807) is 0 Å². The Hall–Kier alpha value is -2.92. The van der Waals surface area contributed by atoms with Gasteiger partial charge in [-0.05, 0) is 43.0 Å². The number of likely N-dealkylation sites (tertiary alicyclic amines) is 1. The molecule has 0 radical (unpaired) electrons. The Labute approximate surface area is 165 Å². The quantitative estimate of drug-likeness (QED) is 0.694. The van der Waals surface area contributed by atoms with Crippen LogP contribution in [0.2, 0.25) is 0 Å². The Kier molecular flexibility index (Phi) is 5.53. The number of rotatable bonds is 5. The maximum absolute atomic E-state index is 12.0. The first-order chi connectivity index (χ1) is 13.7. The number of nitrogens with zero attached hydrogens (tertiary/aromatic N) is 2. The van der Waals surface area contributed by atoms with E-state index in [-0.39, 0.29) is 5.56 Å². The van der Waals surface area contributed by atoms with E-state index < -0.39 is 0 Å². The first kappa shape index (κ1) is 18.4. The fourth-order valence-corrected chi connectivity index (χ4v) is 3.79. The molecule has 2 aromatic carbocycles. The Morgan fingerprint density at radius 2 is 1.93 bits per heavy atom. The van der Waals surface area contributed by atoms with E-state index in [4.69, 9.17) is 0 Å². The zero-order valence-electron chi connectivity index (χ0n) is 16.2. The molecule has 2 N–H and O–H groups in total. The van der Waals surface area contributed by atoms with Crippen molar-refractivity contribution in [3.8, 4) is 11.3 Å². The monoisotopic (exact) mass is 374 g/mol. The largest absolute Gasteiger partial charge is 0.326 e. The molecule has 1 aliphatic heterocycles. The third-order valence-electron chi connectivity index (χ3n) is 5.18. The van der Waals surface area contributed by atoms with E-state index in [0.29, 0.717) is 11.6 Å². The number of aromatic nitrogens is 2. The van der Waals surface area contributed by atoms with Crippen LogP contribution in [0.3, 0.4) is 0 Å². The average Bonchev–Trinajstić information content (AvgIpc) is 2.70. The molecule has 2 heterocycles. The summed E-state index contributed by atoms with van der Waals surface area (Å²) in [6.07, 6.45) is 2.63. The highest BCUT2D eigenvalue weighted by Crippen LogP contribution is 2.20. The predicted molar refractivity (Wildman–Crippen MR) is 114 cm³/mol. The molecular formula is C23H26N4O. The first-order valence-electron chi connectivity index (χ1n) is 9.91. The van der Waals surface area contributed by atoms with E-state index in [9.17, 15) is 4.79 Å². The van der Waals surface area contributed by atoms with Crippen LogP contribution < -0.4 is 10.9 Å². The molecular weight excluding hydrogens is 348 g/mol. The van der Waals surface area contributed by atoms with Crippen molar-refractivity contribution in [2.24, 2.45) is 5.92 Å². The molecule has 1 saturated heterocycles. The summed E-state index contributed by atoms with van der Waals surface area (Å²) in [4.78, 5) is 21.9. The molecule has 1 fully saturated rings.